The van der Waals surface area contributed by atoms with Crippen LogP contribution in [-0.2, 0) is 15.1 Å². The van der Waals surface area contributed by atoms with Crippen LogP contribution in [0.25, 0.3) is 0 Å². The molecule has 0 radical (unpaired) electrons. The molecule has 2 fully saturated rings. The van der Waals surface area contributed by atoms with Gasteiger partial charge in [0.1, 0.15) is 17.1 Å². The van der Waals surface area contributed by atoms with E-state index in [0.717, 1.165) is 0 Å². The van der Waals surface area contributed by atoms with E-state index >= 15 is 0 Å². The lowest BCUT2D eigenvalue weighted by atomic mass is 9.47. The number of anilines is 1. The third-order valence-corrected chi connectivity index (χ3v) is 8.58. The number of fused-ring (bicyclic) bond motifs is 1. The van der Waals surface area contributed by atoms with Gasteiger partial charge in [0.15, 0.2) is 0 Å². The molecule has 3 aliphatic heterocycles. The molecule has 2 aliphatic carbocycles. The van der Waals surface area contributed by atoms with Gasteiger partial charge in [0.25, 0.3) is 0 Å². The van der Waals surface area contributed by atoms with Gasteiger partial charge in [0, 0.05) is 35.1 Å². The standard InChI is InChI=1S/C33H25NO6/c1-38-25-13-14-26-27(20-25)34(30(37)39-24-10-3-2-4-11-24)32-19-16-23-9-6-5-8-22(23)15-18-31(21-29(35)36)17-7-12-28(32)33(26,31)40-32/h2-6,8-11,13-14,20,28H,7,12,17,21H2,1H3,(H,35,36)/p-1/t28?,31?,32-,33-/m1/s1. The third-order valence-electron chi connectivity index (χ3n) is 8.58. The molecule has 8 rings (SSSR count). The van der Waals surface area contributed by atoms with Crippen molar-refractivity contribution in [1.29, 1.82) is 0 Å². The monoisotopic (exact) mass is 530 g/mol. The fourth-order valence-electron chi connectivity index (χ4n) is 7.00. The molecule has 7 nitrogen and oxygen atoms in total. The molecule has 2 unspecified atom stereocenters. The summed E-state index contributed by atoms with van der Waals surface area (Å²) in [4.78, 5) is 27.8. The van der Waals surface area contributed by atoms with Crippen LogP contribution in [0, 0.1) is 35.0 Å². The van der Waals surface area contributed by atoms with Crippen molar-refractivity contribution in [1.82, 2.24) is 0 Å². The summed E-state index contributed by atoms with van der Waals surface area (Å²) in [5.41, 5.74) is -1.12. The van der Waals surface area contributed by atoms with Crippen molar-refractivity contribution in [3.8, 4) is 35.2 Å². The number of para-hydroxylation sites is 1. The number of hydrogen-bond donors (Lipinski definition) is 0. The van der Waals surface area contributed by atoms with E-state index < -0.39 is 28.8 Å². The largest absolute Gasteiger partial charge is 0.550 e. The van der Waals surface area contributed by atoms with Crippen molar-refractivity contribution in [3.63, 3.8) is 0 Å². The number of carboxylic acids is 1. The molecule has 3 aromatic rings. The number of rotatable bonds is 4. The fraction of sp³-hybridized carbons (Fsp3) is 0.273. The molecule has 0 N–H and O–H groups in total. The number of hydrogen-bond acceptors (Lipinski definition) is 6. The zero-order valence-corrected chi connectivity index (χ0v) is 21.7. The van der Waals surface area contributed by atoms with Gasteiger partial charge >= 0.3 is 6.09 Å². The SMILES string of the molecule is COc1ccc2c(c1)N(C(=O)Oc1ccccc1)[C@@]13C#Cc4ccccc4C#CC4(CC(=O)[O-])CCCC1[C@]24O3. The molecule has 1 amide bonds. The number of carbonyl (C=O) groups is 2. The molecule has 5 aliphatic rings. The molecule has 40 heavy (non-hydrogen) atoms. The predicted molar refractivity (Wildman–Crippen MR) is 143 cm³/mol. The Morgan fingerprint density at radius 1 is 1.00 bits per heavy atom. The van der Waals surface area contributed by atoms with Gasteiger partial charge in [-0.25, -0.2) is 9.69 Å². The van der Waals surface area contributed by atoms with Crippen LogP contribution < -0.4 is 19.5 Å². The number of nitrogens with zero attached hydrogens (tertiary/aromatic N) is 1. The Balaban J connectivity index is 1.53. The van der Waals surface area contributed by atoms with E-state index in [2.05, 4.69) is 23.7 Å². The fourth-order valence-corrected chi connectivity index (χ4v) is 7.00. The molecule has 4 atom stereocenters. The highest BCUT2D eigenvalue weighted by Gasteiger charge is 2.80. The lowest BCUT2D eigenvalue weighted by Gasteiger charge is -2.73. The topological polar surface area (TPSA) is 88.1 Å². The van der Waals surface area contributed by atoms with Crippen molar-refractivity contribution in [3.05, 3.63) is 89.5 Å². The summed E-state index contributed by atoms with van der Waals surface area (Å²) in [5, 5.41) is 12.3. The molecule has 1 saturated carbocycles. The summed E-state index contributed by atoms with van der Waals surface area (Å²) in [6.45, 7) is 0. The highest BCUT2D eigenvalue weighted by Crippen LogP contribution is 2.73. The van der Waals surface area contributed by atoms with Crippen LogP contribution in [0.15, 0.2) is 72.8 Å². The molecule has 0 spiro atoms. The first kappa shape index (κ1) is 24.3. The van der Waals surface area contributed by atoms with Gasteiger partial charge in [-0.1, -0.05) is 60.6 Å². The van der Waals surface area contributed by atoms with Crippen LogP contribution in [0.3, 0.4) is 0 Å². The minimum atomic E-state index is -1.41. The molecule has 4 bridgehead atoms. The smallest absolute Gasteiger partial charge is 0.422 e. The van der Waals surface area contributed by atoms with Gasteiger partial charge in [-0.2, -0.15) is 0 Å². The summed E-state index contributed by atoms with van der Waals surface area (Å²) in [7, 11) is 1.55. The highest BCUT2D eigenvalue weighted by molar-refractivity contribution is 5.95. The van der Waals surface area contributed by atoms with E-state index in [1.54, 1.807) is 43.5 Å². The molecular formula is C33H24NO6-. The van der Waals surface area contributed by atoms with E-state index in [1.165, 1.54) is 4.90 Å². The lowest BCUT2D eigenvalue weighted by Crippen LogP contribution is -2.82. The van der Waals surface area contributed by atoms with Gasteiger partial charge in [0.2, 0.25) is 5.72 Å². The Kier molecular flexibility index (Phi) is 5.26. The van der Waals surface area contributed by atoms with E-state index in [4.69, 9.17) is 14.2 Å². The zero-order valence-electron chi connectivity index (χ0n) is 21.7. The normalized spacial score (nSPS) is 28.1. The maximum Gasteiger partial charge on any atom is 0.422 e. The Hall–Kier alpha value is -4.72. The second-order valence-corrected chi connectivity index (χ2v) is 10.6. The van der Waals surface area contributed by atoms with Gasteiger partial charge < -0.3 is 24.1 Å². The summed E-state index contributed by atoms with van der Waals surface area (Å²) in [6, 6.07) is 21.7. The van der Waals surface area contributed by atoms with Crippen LogP contribution in [-0.4, -0.2) is 24.9 Å². The molecule has 1 saturated heterocycles. The summed E-state index contributed by atoms with van der Waals surface area (Å²) >= 11 is 0. The van der Waals surface area contributed by atoms with E-state index in [1.807, 2.05) is 36.4 Å². The molecule has 3 heterocycles. The maximum atomic E-state index is 14.1. The number of ether oxygens (including phenoxy) is 3. The molecule has 3 aromatic carbocycles. The number of benzene rings is 3. The second-order valence-electron chi connectivity index (χ2n) is 10.6. The van der Waals surface area contributed by atoms with Gasteiger partial charge in [-0.15, -0.1) is 0 Å². The molecular weight excluding hydrogens is 506 g/mol. The van der Waals surface area contributed by atoms with Crippen LogP contribution in [0.2, 0.25) is 0 Å². The summed E-state index contributed by atoms with van der Waals surface area (Å²) in [5.74, 6) is 12.5. The van der Waals surface area contributed by atoms with Crippen LogP contribution in [0.4, 0.5) is 10.5 Å². The Labute approximate surface area is 231 Å². The van der Waals surface area contributed by atoms with Gasteiger partial charge in [-0.05, 0) is 49.1 Å². The second kappa shape index (κ2) is 8.64. The van der Waals surface area contributed by atoms with Gasteiger partial charge in [0.05, 0.1) is 24.1 Å². The average molecular weight is 531 g/mol. The zero-order chi connectivity index (χ0) is 27.5. The van der Waals surface area contributed by atoms with Crippen molar-refractivity contribution in [2.24, 2.45) is 11.3 Å². The number of methoxy groups -OCH3 is 1. The highest BCUT2D eigenvalue weighted by atomic mass is 16.6. The van der Waals surface area contributed by atoms with E-state index in [0.29, 0.717) is 53.1 Å². The number of carbonyl (C=O) groups excluding carboxylic acids is 2. The third kappa shape index (κ3) is 3.19. The van der Waals surface area contributed by atoms with Crippen molar-refractivity contribution in [2.45, 2.75) is 37.0 Å². The number of carboxylic acid groups (broad SMARTS) is 1. The van der Waals surface area contributed by atoms with E-state index in [-0.39, 0.29) is 12.3 Å². The minimum absolute atomic E-state index is 0.317. The van der Waals surface area contributed by atoms with Crippen molar-refractivity contribution in [2.75, 3.05) is 12.0 Å². The van der Waals surface area contributed by atoms with Crippen LogP contribution in [0.1, 0.15) is 42.4 Å². The first-order valence-corrected chi connectivity index (χ1v) is 13.2. The van der Waals surface area contributed by atoms with Crippen LogP contribution >= 0.6 is 0 Å². The summed E-state index contributed by atoms with van der Waals surface area (Å²) < 4.78 is 18.3. The Bertz CT molecular complexity index is 1690. The number of aliphatic carboxylic acids is 1. The average Bonchev–Trinajstić information content (AvgIpc) is 2.95. The lowest BCUT2D eigenvalue weighted by molar-refractivity contribution is -0.368. The molecule has 0 aromatic heterocycles. The number of amides is 1. The van der Waals surface area contributed by atoms with Crippen molar-refractivity contribution >= 4 is 17.7 Å². The first-order chi connectivity index (χ1) is 19.4. The van der Waals surface area contributed by atoms with Crippen LogP contribution in [0.5, 0.6) is 11.5 Å². The maximum absolute atomic E-state index is 14.1. The Morgan fingerprint density at radius 3 is 2.45 bits per heavy atom. The Morgan fingerprint density at radius 2 is 1.73 bits per heavy atom. The quantitative estimate of drug-likeness (QED) is 0.475. The molecule has 7 heteroatoms. The van der Waals surface area contributed by atoms with Crippen molar-refractivity contribution < 1.29 is 28.9 Å². The molecule has 198 valence electrons. The van der Waals surface area contributed by atoms with E-state index in [9.17, 15) is 14.7 Å². The minimum Gasteiger partial charge on any atom is -0.550 e. The predicted octanol–water partition coefficient (Wildman–Crippen LogP) is 3.98. The summed E-state index contributed by atoms with van der Waals surface area (Å²) in [6.07, 6.45) is 0.873. The van der Waals surface area contributed by atoms with Gasteiger partial charge in [-0.3, -0.25) is 0 Å². The first-order valence-electron chi connectivity index (χ1n) is 13.2.